The number of carbonyl (C=O) groups is 1. The zero-order valence-corrected chi connectivity index (χ0v) is 16.6. The number of hydrogen-bond acceptors (Lipinski definition) is 5. The van der Waals surface area contributed by atoms with Crippen LogP contribution in [0.25, 0.3) is 12.2 Å². The standard InChI is InChI=1S/C23H24O5/c1-25-19-9-15(10-20(13-19)26-2)7-17-5-6-18(23(17)24)8-16-11-21(27-3)14-22(12-16)28-4/h7-14H,5-6H2,1-4H3/b17-7+,18-8+. The van der Waals surface area contributed by atoms with E-state index >= 15 is 0 Å². The van der Waals surface area contributed by atoms with Gasteiger partial charge in [0.25, 0.3) is 0 Å². The molecular weight excluding hydrogens is 356 g/mol. The number of ketones is 1. The van der Waals surface area contributed by atoms with Gasteiger partial charge in [0.2, 0.25) is 0 Å². The predicted molar refractivity (Wildman–Crippen MR) is 109 cm³/mol. The minimum absolute atomic E-state index is 0.0589. The molecule has 0 aromatic heterocycles. The van der Waals surface area contributed by atoms with Crippen molar-refractivity contribution in [3.8, 4) is 23.0 Å². The van der Waals surface area contributed by atoms with Crippen molar-refractivity contribution in [2.24, 2.45) is 0 Å². The van der Waals surface area contributed by atoms with E-state index in [9.17, 15) is 4.79 Å². The average molecular weight is 380 g/mol. The molecule has 2 aromatic carbocycles. The fourth-order valence-electron chi connectivity index (χ4n) is 3.21. The second-order valence-corrected chi connectivity index (χ2v) is 6.46. The minimum atomic E-state index is 0.0589. The van der Waals surface area contributed by atoms with E-state index in [-0.39, 0.29) is 5.78 Å². The quantitative estimate of drug-likeness (QED) is 0.688. The van der Waals surface area contributed by atoms with E-state index in [0.717, 1.165) is 22.3 Å². The topological polar surface area (TPSA) is 54.0 Å². The Bertz CT molecular complexity index is 820. The van der Waals surface area contributed by atoms with Crippen LogP contribution >= 0.6 is 0 Å². The van der Waals surface area contributed by atoms with Gasteiger partial charge in [-0.05, 0) is 60.4 Å². The molecular formula is C23H24O5. The van der Waals surface area contributed by atoms with Crippen LogP contribution in [-0.4, -0.2) is 34.2 Å². The Kier molecular flexibility index (Phi) is 6.04. The molecule has 1 aliphatic carbocycles. The van der Waals surface area contributed by atoms with Crippen LogP contribution in [0.3, 0.4) is 0 Å². The third kappa shape index (κ3) is 4.36. The van der Waals surface area contributed by atoms with Crippen LogP contribution < -0.4 is 18.9 Å². The van der Waals surface area contributed by atoms with Crippen LogP contribution in [0.1, 0.15) is 24.0 Å². The van der Waals surface area contributed by atoms with Crippen LogP contribution in [0.5, 0.6) is 23.0 Å². The molecule has 0 N–H and O–H groups in total. The summed E-state index contributed by atoms with van der Waals surface area (Å²) in [6.07, 6.45) is 5.21. The van der Waals surface area contributed by atoms with Crippen LogP contribution in [0.4, 0.5) is 0 Å². The van der Waals surface area contributed by atoms with Gasteiger partial charge in [0, 0.05) is 23.3 Å². The monoisotopic (exact) mass is 380 g/mol. The molecule has 0 heterocycles. The van der Waals surface area contributed by atoms with Gasteiger partial charge in [0.05, 0.1) is 28.4 Å². The maximum atomic E-state index is 12.9. The molecule has 1 saturated carbocycles. The molecule has 5 heteroatoms. The van der Waals surface area contributed by atoms with Gasteiger partial charge in [0.1, 0.15) is 23.0 Å². The lowest BCUT2D eigenvalue weighted by atomic mass is 10.1. The highest BCUT2D eigenvalue weighted by atomic mass is 16.5. The van der Waals surface area contributed by atoms with Crippen molar-refractivity contribution in [3.05, 3.63) is 58.7 Å². The Labute approximate surface area is 165 Å². The van der Waals surface area contributed by atoms with E-state index in [1.54, 1.807) is 40.6 Å². The summed E-state index contributed by atoms with van der Waals surface area (Å²) in [4.78, 5) is 12.9. The first-order valence-electron chi connectivity index (χ1n) is 8.98. The lowest BCUT2D eigenvalue weighted by Crippen LogP contribution is -1.96. The van der Waals surface area contributed by atoms with Crippen LogP contribution in [0.2, 0.25) is 0 Å². The number of allylic oxidation sites excluding steroid dienone is 2. The first kappa shape index (κ1) is 19.5. The number of carbonyl (C=O) groups excluding carboxylic acids is 1. The molecule has 0 bridgehead atoms. The second kappa shape index (κ2) is 8.65. The Morgan fingerprint density at radius 2 is 0.929 bits per heavy atom. The number of ether oxygens (including phenoxy) is 4. The lowest BCUT2D eigenvalue weighted by molar-refractivity contribution is -0.111. The van der Waals surface area contributed by atoms with Crippen molar-refractivity contribution < 1.29 is 23.7 Å². The molecule has 0 radical (unpaired) electrons. The van der Waals surface area contributed by atoms with Crippen molar-refractivity contribution in [2.45, 2.75) is 12.8 Å². The van der Waals surface area contributed by atoms with E-state index in [4.69, 9.17) is 18.9 Å². The van der Waals surface area contributed by atoms with Crippen molar-refractivity contribution in [2.75, 3.05) is 28.4 Å². The predicted octanol–water partition coefficient (Wildman–Crippen LogP) is 4.55. The Morgan fingerprint density at radius 1 is 0.607 bits per heavy atom. The van der Waals surface area contributed by atoms with E-state index in [2.05, 4.69) is 0 Å². The van der Waals surface area contributed by atoms with Gasteiger partial charge in [-0.1, -0.05) is 0 Å². The molecule has 28 heavy (non-hydrogen) atoms. The van der Waals surface area contributed by atoms with Gasteiger partial charge in [-0.2, -0.15) is 0 Å². The Hall–Kier alpha value is -3.21. The molecule has 0 amide bonds. The molecule has 0 atom stereocenters. The van der Waals surface area contributed by atoms with Crippen molar-refractivity contribution in [1.82, 2.24) is 0 Å². The van der Waals surface area contributed by atoms with Crippen molar-refractivity contribution in [1.29, 1.82) is 0 Å². The summed E-state index contributed by atoms with van der Waals surface area (Å²) in [7, 11) is 6.43. The largest absolute Gasteiger partial charge is 0.497 e. The molecule has 1 aliphatic rings. The molecule has 1 fully saturated rings. The van der Waals surface area contributed by atoms with Crippen LogP contribution in [0.15, 0.2) is 47.5 Å². The maximum absolute atomic E-state index is 12.9. The maximum Gasteiger partial charge on any atom is 0.185 e. The summed E-state index contributed by atoms with van der Waals surface area (Å²) in [5.74, 6) is 2.82. The summed E-state index contributed by atoms with van der Waals surface area (Å²) in [6, 6.07) is 11.2. The first-order chi connectivity index (χ1) is 13.6. The van der Waals surface area contributed by atoms with Gasteiger partial charge >= 0.3 is 0 Å². The second-order valence-electron chi connectivity index (χ2n) is 6.46. The van der Waals surface area contributed by atoms with Gasteiger partial charge < -0.3 is 18.9 Å². The molecule has 0 spiro atoms. The molecule has 2 aromatic rings. The summed E-state index contributed by atoms with van der Waals surface area (Å²) >= 11 is 0. The normalized spacial score (nSPS) is 16.5. The Balaban J connectivity index is 1.89. The van der Waals surface area contributed by atoms with E-state index in [1.165, 1.54) is 0 Å². The number of rotatable bonds is 6. The summed E-state index contributed by atoms with van der Waals surface area (Å²) < 4.78 is 21.2. The zero-order valence-electron chi connectivity index (χ0n) is 16.6. The third-order valence-corrected chi connectivity index (χ3v) is 4.68. The SMILES string of the molecule is COc1cc(/C=C2\CC/C(=C\c3cc(OC)cc(OC)c3)C2=O)cc(OC)c1. The zero-order chi connectivity index (χ0) is 20.1. The van der Waals surface area contributed by atoms with Gasteiger partial charge in [-0.25, -0.2) is 0 Å². The smallest absolute Gasteiger partial charge is 0.185 e. The van der Waals surface area contributed by atoms with E-state index in [0.29, 0.717) is 35.8 Å². The van der Waals surface area contributed by atoms with Crippen LogP contribution in [0, 0.1) is 0 Å². The summed E-state index contributed by atoms with van der Waals surface area (Å²) in [6.45, 7) is 0. The summed E-state index contributed by atoms with van der Waals surface area (Å²) in [5, 5.41) is 0. The highest BCUT2D eigenvalue weighted by molar-refractivity contribution is 6.15. The fraction of sp³-hybridized carbons (Fsp3) is 0.261. The molecule has 0 saturated heterocycles. The molecule has 5 nitrogen and oxygen atoms in total. The number of methoxy groups -OCH3 is 4. The van der Waals surface area contributed by atoms with E-state index in [1.807, 2.05) is 36.4 Å². The van der Waals surface area contributed by atoms with E-state index < -0.39 is 0 Å². The molecule has 146 valence electrons. The summed E-state index contributed by atoms with van der Waals surface area (Å²) in [5.41, 5.74) is 3.31. The minimum Gasteiger partial charge on any atom is -0.497 e. The number of Topliss-reactive ketones (excluding diaryl/α,β-unsaturated/α-hetero) is 1. The number of benzene rings is 2. The van der Waals surface area contributed by atoms with Gasteiger partial charge in [-0.15, -0.1) is 0 Å². The fourth-order valence-corrected chi connectivity index (χ4v) is 3.21. The highest BCUT2D eigenvalue weighted by Crippen LogP contribution is 2.32. The first-order valence-corrected chi connectivity index (χ1v) is 8.98. The highest BCUT2D eigenvalue weighted by Gasteiger charge is 2.23. The molecule has 0 aliphatic heterocycles. The van der Waals surface area contributed by atoms with Gasteiger partial charge in [-0.3, -0.25) is 4.79 Å². The van der Waals surface area contributed by atoms with Crippen molar-refractivity contribution >= 4 is 17.9 Å². The Morgan fingerprint density at radius 3 is 1.21 bits per heavy atom. The number of hydrogen-bond donors (Lipinski definition) is 0. The van der Waals surface area contributed by atoms with Crippen LogP contribution in [-0.2, 0) is 4.79 Å². The average Bonchev–Trinajstić information content (AvgIpc) is 3.06. The lowest BCUT2D eigenvalue weighted by Gasteiger charge is -2.07. The van der Waals surface area contributed by atoms with Crippen molar-refractivity contribution in [3.63, 3.8) is 0 Å². The molecule has 3 rings (SSSR count). The van der Waals surface area contributed by atoms with Gasteiger partial charge in [0.15, 0.2) is 5.78 Å². The third-order valence-electron chi connectivity index (χ3n) is 4.68. The molecule has 0 unspecified atom stereocenters.